The predicted octanol–water partition coefficient (Wildman–Crippen LogP) is 14.4. The molecule has 0 saturated carbocycles. The van der Waals surface area contributed by atoms with Crippen LogP contribution in [0.3, 0.4) is 0 Å². The van der Waals surface area contributed by atoms with E-state index in [0.29, 0.717) is 25.0 Å². The molecule has 0 amide bonds. The van der Waals surface area contributed by atoms with Crippen molar-refractivity contribution in [2.75, 3.05) is 27.3 Å². The number of H-pyrrole nitrogens is 2. The van der Waals surface area contributed by atoms with Gasteiger partial charge in [0.15, 0.2) is 0 Å². The first-order valence-electron chi connectivity index (χ1n) is 26.6. The third-order valence-electron chi connectivity index (χ3n) is 13.6. The second kappa shape index (κ2) is 28.6. The Morgan fingerprint density at radius 3 is 1.23 bits per heavy atom. The Balaban J connectivity index is 0.000000215. The van der Waals surface area contributed by atoms with E-state index in [2.05, 4.69) is 121 Å². The highest BCUT2D eigenvalue weighted by Gasteiger charge is 2.28. The summed E-state index contributed by atoms with van der Waals surface area (Å²) in [6.07, 6.45) is 2.05. The zero-order chi connectivity index (χ0) is 58.4. The van der Waals surface area contributed by atoms with Gasteiger partial charge in [0.25, 0.3) is 17.9 Å². The van der Waals surface area contributed by atoms with Crippen molar-refractivity contribution in [1.82, 2.24) is 20.6 Å². The molecule has 2 unspecified atom stereocenters. The molecule has 4 heterocycles. The van der Waals surface area contributed by atoms with Crippen LogP contribution >= 0.6 is 23.2 Å². The number of ether oxygens (including phenoxy) is 4. The number of aliphatic carboxylic acids is 3. The van der Waals surface area contributed by atoms with Crippen molar-refractivity contribution in [1.29, 1.82) is 0 Å². The molecule has 2 atom stereocenters. The number of aromatic amines is 2. The highest BCUT2D eigenvalue weighted by atomic mass is 35.5. The van der Waals surface area contributed by atoms with Gasteiger partial charge < -0.3 is 54.9 Å². The Bertz CT molecular complexity index is 3190. The van der Waals surface area contributed by atoms with Crippen molar-refractivity contribution in [2.45, 2.75) is 112 Å². The first-order chi connectivity index (χ1) is 38.1. The van der Waals surface area contributed by atoms with Gasteiger partial charge in [-0.05, 0) is 144 Å². The molecular formula is C64H74Cl2N4O10. The lowest BCUT2D eigenvalue weighted by Crippen LogP contribution is -2.30. The predicted molar refractivity (Wildman–Crippen MR) is 319 cm³/mol. The van der Waals surface area contributed by atoms with Gasteiger partial charge in [-0.25, -0.2) is 0 Å². The van der Waals surface area contributed by atoms with Crippen LogP contribution in [0.15, 0.2) is 109 Å². The Morgan fingerprint density at radius 2 is 0.887 bits per heavy atom. The molecule has 0 bridgehead atoms. The van der Waals surface area contributed by atoms with E-state index in [9.17, 15) is 0 Å². The van der Waals surface area contributed by atoms with Gasteiger partial charge in [0.1, 0.15) is 36.2 Å². The van der Waals surface area contributed by atoms with Crippen LogP contribution in [0.1, 0.15) is 139 Å². The van der Waals surface area contributed by atoms with Crippen molar-refractivity contribution in [3.05, 3.63) is 186 Å². The zero-order valence-electron chi connectivity index (χ0n) is 47.4. The number of nitrogens with one attached hydrogen (secondary N) is 4. The molecule has 0 spiro atoms. The topological polar surface area (TPSA) is 204 Å². The molecule has 2 aliphatic rings. The maximum atomic E-state index is 9.00. The number of methoxy groups -OCH3 is 2. The van der Waals surface area contributed by atoms with E-state index in [1.54, 1.807) is 14.2 Å². The Kier molecular flexibility index (Phi) is 22.1. The molecule has 14 nitrogen and oxygen atoms in total. The second-order valence-corrected chi connectivity index (χ2v) is 21.1. The van der Waals surface area contributed by atoms with Crippen LogP contribution in [0, 0.1) is 13.8 Å². The van der Waals surface area contributed by atoms with Crippen LogP contribution < -0.4 is 29.6 Å². The number of hydrogen-bond donors (Lipinski definition) is 7. The summed E-state index contributed by atoms with van der Waals surface area (Å²) in [6, 6.07) is 38.2. The third kappa shape index (κ3) is 15.9. The normalized spacial score (nSPS) is 14.1. The molecule has 7 N–H and O–H groups in total. The lowest BCUT2D eigenvalue weighted by atomic mass is 9.93. The number of fused-ring (bicyclic) bond motifs is 6. The van der Waals surface area contributed by atoms with Crippen LogP contribution in [0.2, 0.25) is 10.0 Å². The lowest BCUT2D eigenvalue weighted by Gasteiger charge is -2.26. The van der Waals surface area contributed by atoms with Crippen LogP contribution in [-0.4, -0.2) is 70.5 Å². The minimum absolute atomic E-state index is 0.102. The summed E-state index contributed by atoms with van der Waals surface area (Å²) in [6.45, 7) is 18.6. The first-order valence-corrected chi connectivity index (χ1v) is 27.3. The van der Waals surface area contributed by atoms with Crippen molar-refractivity contribution >= 4 is 62.9 Å². The molecule has 80 heavy (non-hydrogen) atoms. The third-order valence-corrected chi connectivity index (χ3v) is 14.4. The number of halogens is 2. The molecule has 424 valence electrons. The molecule has 0 fully saturated rings. The smallest absolute Gasteiger partial charge is 0.300 e. The monoisotopic (exact) mass is 1130 g/mol. The van der Waals surface area contributed by atoms with Crippen LogP contribution in [0.4, 0.5) is 0 Å². The van der Waals surface area contributed by atoms with Crippen LogP contribution in [0.25, 0.3) is 21.8 Å². The Hall–Kier alpha value is -7.49. The lowest BCUT2D eigenvalue weighted by molar-refractivity contribution is -0.135. The quantitative estimate of drug-likeness (QED) is 0.0611. The van der Waals surface area contributed by atoms with Gasteiger partial charge >= 0.3 is 0 Å². The minimum atomic E-state index is -0.833. The Labute approximate surface area is 478 Å². The van der Waals surface area contributed by atoms with Crippen molar-refractivity contribution in [2.24, 2.45) is 0 Å². The van der Waals surface area contributed by atoms with E-state index in [4.69, 9.17) is 71.9 Å². The Morgan fingerprint density at radius 1 is 0.537 bits per heavy atom. The molecule has 10 rings (SSSR count). The summed E-state index contributed by atoms with van der Waals surface area (Å²) in [5.41, 5.74) is 16.4. The van der Waals surface area contributed by atoms with Crippen molar-refractivity contribution < 1.29 is 48.7 Å². The summed E-state index contributed by atoms with van der Waals surface area (Å²) in [4.78, 5) is 34.3. The molecule has 8 aromatic rings. The van der Waals surface area contributed by atoms with Gasteiger partial charge in [0.2, 0.25) is 0 Å². The molecule has 0 radical (unpaired) electrons. The van der Waals surface area contributed by atoms with Gasteiger partial charge in [-0.1, -0.05) is 99.4 Å². The number of aromatic nitrogens is 2. The molecule has 2 aliphatic heterocycles. The van der Waals surface area contributed by atoms with E-state index >= 15 is 0 Å². The standard InChI is InChI=1S/2C29H31ClN2O2.3C2H4O2/c2*1-17(2)23-15-24(30)18(3)13-27(23)34-16-20-14-19(9-10-26(20)33-4)28-29-22(11-12-31-28)21-7-5-6-8-25(21)32-29;3*1-2(3)4/h2*5-10,13-15,17,28,31-32H,11-12,16H2,1-4H3;3*1H3,(H,3,4). The number of carboxylic acid groups (broad SMARTS) is 3. The number of benzene rings is 6. The number of hydrogen-bond acceptors (Lipinski definition) is 9. The largest absolute Gasteiger partial charge is 0.496 e. The summed E-state index contributed by atoms with van der Waals surface area (Å²) in [7, 11) is 3.41. The molecule has 16 heteroatoms. The van der Waals surface area contributed by atoms with Crippen LogP contribution in [0.5, 0.6) is 23.0 Å². The fourth-order valence-electron chi connectivity index (χ4n) is 9.92. The van der Waals surface area contributed by atoms with E-state index in [0.717, 1.165) is 113 Å². The number of aryl methyl sites for hydroxylation is 2. The second-order valence-electron chi connectivity index (χ2n) is 20.3. The summed E-state index contributed by atoms with van der Waals surface area (Å²) in [5, 5.41) is 33.8. The molecule has 0 saturated heterocycles. The highest BCUT2D eigenvalue weighted by Crippen LogP contribution is 2.39. The maximum Gasteiger partial charge on any atom is 0.300 e. The fraction of sp³-hybridized carbons (Fsp3) is 0.328. The van der Waals surface area contributed by atoms with E-state index < -0.39 is 17.9 Å². The van der Waals surface area contributed by atoms with Crippen molar-refractivity contribution in [3.63, 3.8) is 0 Å². The number of carboxylic acids is 3. The van der Waals surface area contributed by atoms with Gasteiger partial charge in [0.05, 0.1) is 26.3 Å². The van der Waals surface area contributed by atoms with Gasteiger partial charge in [-0.2, -0.15) is 0 Å². The minimum Gasteiger partial charge on any atom is -0.496 e. The number of para-hydroxylation sites is 2. The van der Waals surface area contributed by atoms with Gasteiger partial charge in [-0.15, -0.1) is 0 Å². The number of rotatable bonds is 12. The first kappa shape index (κ1) is 61.7. The van der Waals surface area contributed by atoms with Crippen LogP contribution in [-0.2, 0) is 40.4 Å². The van der Waals surface area contributed by atoms with E-state index in [-0.39, 0.29) is 12.1 Å². The van der Waals surface area contributed by atoms with Crippen molar-refractivity contribution in [3.8, 4) is 23.0 Å². The molecular weight excluding hydrogens is 1060 g/mol. The molecule has 2 aromatic heterocycles. The highest BCUT2D eigenvalue weighted by molar-refractivity contribution is 6.31. The summed E-state index contributed by atoms with van der Waals surface area (Å²) in [5.74, 6) is 1.53. The number of carbonyl (C=O) groups is 3. The SMILES string of the molecule is CC(=O)O.CC(=O)O.CC(=O)O.COc1ccc(C2NCCc3c2[nH]c2ccccc32)cc1COc1cc(C)c(Cl)cc1C(C)C.COc1ccc(C2NCCc3c2[nH]c2ccccc32)cc1COc1cc(C)c(Cl)cc1C(C)C. The summed E-state index contributed by atoms with van der Waals surface area (Å²) < 4.78 is 24.1. The molecule has 6 aromatic carbocycles. The van der Waals surface area contributed by atoms with E-state index in [1.165, 1.54) is 55.4 Å². The zero-order valence-corrected chi connectivity index (χ0v) is 48.9. The average molecular weight is 1130 g/mol. The fourth-order valence-corrected chi connectivity index (χ4v) is 10.3. The average Bonchev–Trinajstić information content (AvgIpc) is 4.06. The van der Waals surface area contributed by atoms with Gasteiger partial charge in [-0.3, -0.25) is 14.4 Å². The molecule has 0 aliphatic carbocycles. The maximum absolute atomic E-state index is 9.00. The van der Waals surface area contributed by atoms with E-state index in [1.807, 2.05) is 50.2 Å². The van der Waals surface area contributed by atoms with Gasteiger partial charge in [0, 0.05) is 88.2 Å². The summed E-state index contributed by atoms with van der Waals surface area (Å²) >= 11 is 12.8.